The highest BCUT2D eigenvalue weighted by Crippen LogP contribution is 2.24. The summed E-state index contributed by atoms with van der Waals surface area (Å²) in [4.78, 5) is 13.0. The SMILES string of the molecule is Cc1ccc(NS(=O)(=O)c2ccc(NC(=O)[C@H]3CCCN(S(=O)(=O)CCCc4ccccc4)C3)cc2)cc1C. The minimum absolute atomic E-state index is 0.0440. The third kappa shape index (κ3) is 7.68. The van der Waals surface area contributed by atoms with Gasteiger partial charge in [-0.05, 0) is 92.6 Å². The number of sulfonamides is 2. The molecule has 0 aromatic heterocycles. The third-order valence-electron chi connectivity index (χ3n) is 7.05. The summed E-state index contributed by atoms with van der Waals surface area (Å²) in [6.45, 7) is 4.43. The maximum Gasteiger partial charge on any atom is 0.261 e. The fraction of sp³-hybridized carbons (Fsp3) is 0.345. The summed E-state index contributed by atoms with van der Waals surface area (Å²) in [5.74, 6) is -0.705. The second-order valence-corrected chi connectivity index (χ2v) is 13.8. The molecule has 0 aliphatic carbocycles. The summed E-state index contributed by atoms with van der Waals surface area (Å²) in [5.41, 5.74) is 4.08. The molecular formula is C29H35N3O5S2. The summed E-state index contributed by atoms with van der Waals surface area (Å²) in [6, 6.07) is 21.1. The zero-order valence-electron chi connectivity index (χ0n) is 22.3. The molecule has 2 N–H and O–H groups in total. The first-order valence-corrected chi connectivity index (χ1v) is 16.2. The van der Waals surface area contributed by atoms with Crippen LogP contribution in [0, 0.1) is 19.8 Å². The molecule has 8 nitrogen and oxygen atoms in total. The van der Waals surface area contributed by atoms with E-state index in [0.29, 0.717) is 43.6 Å². The Morgan fingerprint density at radius 3 is 2.28 bits per heavy atom. The maximum atomic E-state index is 13.0. The molecule has 3 aromatic carbocycles. The van der Waals surface area contributed by atoms with Gasteiger partial charge in [-0.15, -0.1) is 0 Å². The largest absolute Gasteiger partial charge is 0.326 e. The quantitative estimate of drug-likeness (QED) is 0.367. The van der Waals surface area contributed by atoms with E-state index in [1.807, 2.05) is 50.2 Å². The Balaban J connectivity index is 1.32. The van der Waals surface area contributed by atoms with E-state index >= 15 is 0 Å². The van der Waals surface area contributed by atoms with Crippen LogP contribution in [-0.2, 0) is 31.3 Å². The molecule has 1 fully saturated rings. The average molecular weight is 570 g/mol. The molecule has 208 valence electrons. The Labute approximate surface area is 231 Å². The minimum atomic E-state index is -3.79. The van der Waals surface area contributed by atoms with Crippen molar-refractivity contribution in [2.24, 2.45) is 5.92 Å². The van der Waals surface area contributed by atoms with Gasteiger partial charge in [-0.2, -0.15) is 0 Å². The number of aryl methyl sites for hydroxylation is 3. The molecule has 0 unspecified atom stereocenters. The highest BCUT2D eigenvalue weighted by Gasteiger charge is 2.32. The second-order valence-electron chi connectivity index (χ2n) is 10.0. The molecule has 3 aromatic rings. The van der Waals surface area contributed by atoms with Crippen molar-refractivity contribution in [1.82, 2.24) is 4.31 Å². The molecule has 1 aliphatic rings. The van der Waals surface area contributed by atoms with Gasteiger partial charge >= 0.3 is 0 Å². The zero-order valence-corrected chi connectivity index (χ0v) is 23.9. The lowest BCUT2D eigenvalue weighted by atomic mass is 9.99. The Morgan fingerprint density at radius 1 is 0.897 bits per heavy atom. The van der Waals surface area contributed by atoms with E-state index in [4.69, 9.17) is 0 Å². The monoisotopic (exact) mass is 569 g/mol. The molecule has 39 heavy (non-hydrogen) atoms. The predicted octanol–water partition coefficient (Wildman–Crippen LogP) is 4.72. The number of amides is 1. The lowest BCUT2D eigenvalue weighted by molar-refractivity contribution is -0.120. The Morgan fingerprint density at radius 2 is 1.59 bits per heavy atom. The fourth-order valence-corrected chi connectivity index (χ4v) is 7.25. The van der Waals surface area contributed by atoms with Crippen LogP contribution in [0.4, 0.5) is 11.4 Å². The molecule has 1 heterocycles. The molecule has 4 rings (SSSR count). The average Bonchev–Trinajstić information content (AvgIpc) is 2.91. The van der Waals surface area contributed by atoms with Crippen LogP contribution < -0.4 is 10.0 Å². The van der Waals surface area contributed by atoms with Gasteiger partial charge in [0.05, 0.1) is 16.6 Å². The van der Waals surface area contributed by atoms with E-state index in [2.05, 4.69) is 10.0 Å². The van der Waals surface area contributed by atoms with Crippen molar-refractivity contribution in [2.75, 3.05) is 28.9 Å². The van der Waals surface area contributed by atoms with E-state index in [1.165, 1.54) is 28.6 Å². The van der Waals surface area contributed by atoms with Crippen LogP contribution in [0.2, 0.25) is 0 Å². The van der Waals surface area contributed by atoms with Gasteiger partial charge < -0.3 is 5.32 Å². The maximum absolute atomic E-state index is 13.0. The Bertz CT molecular complexity index is 1510. The number of anilines is 2. The molecule has 1 atom stereocenters. The van der Waals surface area contributed by atoms with Gasteiger partial charge in [-0.3, -0.25) is 9.52 Å². The Kier molecular flexibility index (Phi) is 9.09. The van der Waals surface area contributed by atoms with Crippen LogP contribution >= 0.6 is 0 Å². The molecule has 1 aliphatic heterocycles. The molecular weight excluding hydrogens is 534 g/mol. The summed E-state index contributed by atoms with van der Waals surface area (Å²) in [7, 11) is -7.26. The summed E-state index contributed by atoms with van der Waals surface area (Å²) in [5, 5.41) is 2.81. The van der Waals surface area contributed by atoms with Gasteiger partial charge in [0.25, 0.3) is 10.0 Å². The van der Waals surface area contributed by atoms with Gasteiger partial charge in [-0.25, -0.2) is 21.1 Å². The van der Waals surface area contributed by atoms with Gasteiger partial charge in [0, 0.05) is 24.5 Å². The summed E-state index contributed by atoms with van der Waals surface area (Å²) in [6.07, 6.45) is 2.41. The van der Waals surface area contributed by atoms with Crippen molar-refractivity contribution < 1.29 is 21.6 Å². The number of carbonyl (C=O) groups excluding carboxylic acids is 1. The van der Waals surface area contributed by atoms with Crippen molar-refractivity contribution >= 4 is 37.3 Å². The predicted molar refractivity (Wildman–Crippen MR) is 155 cm³/mol. The van der Waals surface area contributed by atoms with Crippen molar-refractivity contribution in [3.05, 3.63) is 89.5 Å². The van der Waals surface area contributed by atoms with Crippen molar-refractivity contribution in [1.29, 1.82) is 0 Å². The van der Waals surface area contributed by atoms with Crippen LogP contribution in [0.5, 0.6) is 0 Å². The summed E-state index contributed by atoms with van der Waals surface area (Å²) < 4.78 is 55.5. The number of benzene rings is 3. The molecule has 10 heteroatoms. The highest BCUT2D eigenvalue weighted by atomic mass is 32.2. The van der Waals surface area contributed by atoms with Crippen LogP contribution in [-0.4, -0.2) is 45.9 Å². The van der Waals surface area contributed by atoms with Crippen LogP contribution in [0.3, 0.4) is 0 Å². The van der Waals surface area contributed by atoms with Gasteiger partial charge in [0.15, 0.2) is 0 Å². The minimum Gasteiger partial charge on any atom is -0.326 e. The summed E-state index contributed by atoms with van der Waals surface area (Å²) >= 11 is 0. The normalized spacial score (nSPS) is 16.5. The molecule has 0 radical (unpaired) electrons. The number of hydrogen-bond acceptors (Lipinski definition) is 5. The van der Waals surface area contributed by atoms with Crippen LogP contribution in [0.25, 0.3) is 0 Å². The second kappa shape index (κ2) is 12.3. The zero-order chi connectivity index (χ0) is 28.0. The standard InChI is InChI=1S/C29H35N3O5S2/c1-22-12-13-27(20-23(22)2)31-39(36,37)28-16-14-26(15-17-28)30-29(33)25-11-6-18-32(21-25)38(34,35)19-7-10-24-8-4-3-5-9-24/h3-5,8-9,12-17,20,25,31H,6-7,10-11,18-19,21H2,1-2H3,(H,30,33)/t25-/m0/s1. The third-order valence-corrected chi connectivity index (χ3v) is 10.4. The van der Waals surface area contributed by atoms with E-state index in [1.54, 1.807) is 12.1 Å². The van der Waals surface area contributed by atoms with Crippen LogP contribution in [0.1, 0.15) is 36.0 Å². The number of nitrogens with one attached hydrogen (secondary N) is 2. The molecule has 0 bridgehead atoms. The van der Waals surface area contributed by atoms with Crippen molar-refractivity contribution in [3.8, 4) is 0 Å². The van der Waals surface area contributed by atoms with Crippen molar-refractivity contribution in [2.45, 2.75) is 44.4 Å². The number of rotatable bonds is 10. The lowest BCUT2D eigenvalue weighted by Crippen LogP contribution is -2.44. The fourth-order valence-electron chi connectivity index (χ4n) is 4.62. The molecule has 1 amide bonds. The number of nitrogens with zero attached hydrogens (tertiary/aromatic N) is 1. The molecule has 1 saturated heterocycles. The first-order valence-electron chi connectivity index (χ1n) is 13.1. The van der Waals surface area contributed by atoms with E-state index in [-0.39, 0.29) is 23.1 Å². The van der Waals surface area contributed by atoms with Gasteiger partial charge in [0.2, 0.25) is 15.9 Å². The first kappa shape index (κ1) is 28.8. The van der Waals surface area contributed by atoms with Gasteiger partial charge in [-0.1, -0.05) is 36.4 Å². The van der Waals surface area contributed by atoms with E-state index in [0.717, 1.165) is 16.7 Å². The van der Waals surface area contributed by atoms with Gasteiger partial charge in [0.1, 0.15) is 0 Å². The molecule has 0 saturated carbocycles. The Hall–Kier alpha value is -3.21. The number of carbonyl (C=O) groups is 1. The topological polar surface area (TPSA) is 113 Å². The molecule has 0 spiro atoms. The number of hydrogen-bond donors (Lipinski definition) is 2. The first-order chi connectivity index (χ1) is 18.5. The van der Waals surface area contributed by atoms with E-state index < -0.39 is 26.0 Å². The number of piperidine rings is 1. The van der Waals surface area contributed by atoms with Crippen molar-refractivity contribution in [3.63, 3.8) is 0 Å². The van der Waals surface area contributed by atoms with Crippen LogP contribution in [0.15, 0.2) is 77.7 Å². The highest BCUT2D eigenvalue weighted by molar-refractivity contribution is 7.92. The lowest BCUT2D eigenvalue weighted by Gasteiger charge is -2.31. The van der Waals surface area contributed by atoms with E-state index in [9.17, 15) is 21.6 Å². The smallest absolute Gasteiger partial charge is 0.261 e.